The van der Waals surface area contributed by atoms with Gasteiger partial charge in [0.2, 0.25) is 0 Å². The summed E-state index contributed by atoms with van der Waals surface area (Å²) in [6.07, 6.45) is 0.380. The average Bonchev–Trinajstić information content (AvgIpc) is 2.38. The average molecular weight is 292 g/mol. The second-order valence-corrected chi connectivity index (χ2v) is 6.13. The van der Waals surface area contributed by atoms with Crippen molar-refractivity contribution >= 4 is 14.8 Å². The summed E-state index contributed by atoms with van der Waals surface area (Å²) in [4.78, 5) is 11.9. The molecule has 0 aliphatic carbocycles. The molecule has 0 heterocycles. The van der Waals surface area contributed by atoms with Crippen LogP contribution in [0.25, 0.3) is 0 Å². The Labute approximate surface area is 115 Å². The van der Waals surface area contributed by atoms with Crippen molar-refractivity contribution in [2.75, 3.05) is 33.0 Å². The monoisotopic (exact) mass is 292 g/mol. The van der Waals surface area contributed by atoms with Gasteiger partial charge in [-0.05, 0) is 20.8 Å². The molecule has 1 N–H and O–H groups in total. The minimum atomic E-state index is -3.25. The Bertz CT molecular complexity index is 264. The lowest BCUT2D eigenvalue weighted by Crippen LogP contribution is -2.50. The van der Waals surface area contributed by atoms with E-state index >= 15 is 0 Å². The first-order chi connectivity index (χ1) is 9.07. The SMILES string of the molecule is C=C(C(=O)OCCCO)[Si](OCC)(OCC)OCC. The zero-order valence-electron chi connectivity index (χ0n) is 11.9. The second-order valence-electron chi connectivity index (χ2n) is 3.55. The van der Waals surface area contributed by atoms with E-state index in [1.54, 1.807) is 20.8 Å². The van der Waals surface area contributed by atoms with E-state index in [2.05, 4.69) is 6.58 Å². The molecule has 0 saturated heterocycles. The molecule has 0 aromatic carbocycles. The highest BCUT2D eigenvalue weighted by Crippen LogP contribution is 2.20. The standard InChI is InChI=1S/C12H24O6Si/c1-5-16-19(17-6-2,18-7-3)11(4)12(14)15-10-8-9-13/h13H,4-10H2,1-3H3. The Balaban J connectivity index is 4.80. The number of hydrogen-bond donors (Lipinski definition) is 1. The molecular weight excluding hydrogens is 268 g/mol. The van der Waals surface area contributed by atoms with E-state index in [-0.39, 0.29) is 18.4 Å². The maximum Gasteiger partial charge on any atom is 0.544 e. The molecule has 0 spiro atoms. The molecule has 19 heavy (non-hydrogen) atoms. The summed E-state index contributed by atoms with van der Waals surface area (Å²) in [5.41, 5.74) is 0. The highest BCUT2D eigenvalue weighted by molar-refractivity contribution is 6.73. The molecular formula is C12H24O6Si. The second kappa shape index (κ2) is 10.1. The zero-order valence-corrected chi connectivity index (χ0v) is 12.9. The van der Waals surface area contributed by atoms with Crippen LogP contribution in [-0.2, 0) is 22.8 Å². The van der Waals surface area contributed by atoms with Crippen LogP contribution in [0.2, 0.25) is 0 Å². The van der Waals surface area contributed by atoms with Crippen molar-refractivity contribution in [2.24, 2.45) is 0 Å². The van der Waals surface area contributed by atoms with Crippen LogP contribution in [0.3, 0.4) is 0 Å². The predicted molar refractivity (Wildman–Crippen MR) is 72.4 cm³/mol. The maximum atomic E-state index is 11.9. The molecule has 0 bridgehead atoms. The Kier molecular flexibility index (Phi) is 9.71. The van der Waals surface area contributed by atoms with Crippen LogP contribution in [0.4, 0.5) is 0 Å². The van der Waals surface area contributed by atoms with E-state index in [0.29, 0.717) is 26.2 Å². The first-order valence-corrected chi connectivity index (χ1v) is 8.19. The fraction of sp³-hybridized carbons (Fsp3) is 0.750. The fourth-order valence-corrected chi connectivity index (χ4v) is 3.63. The number of esters is 1. The Morgan fingerprint density at radius 2 is 1.58 bits per heavy atom. The highest BCUT2D eigenvalue weighted by Gasteiger charge is 2.48. The van der Waals surface area contributed by atoms with Gasteiger partial charge in [-0.2, -0.15) is 0 Å². The van der Waals surface area contributed by atoms with Crippen molar-refractivity contribution in [3.8, 4) is 0 Å². The molecule has 0 atom stereocenters. The zero-order chi connectivity index (χ0) is 14.7. The number of carbonyl (C=O) groups excluding carboxylic acids is 1. The van der Waals surface area contributed by atoms with E-state index in [9.17, 15) is 4.79 Å². The molecule has 112 valence electrons. The van der Waals surface area contributed by atoms with Crippen LogP contribution in [0.1, 0.15) is 27.2 Å². The van der Waals surface area contributed by atoms with Crippen LogP contribution >= 0.6 is 0 Å². The van der Waals surface area contributed by atoms with Crippen LogP contribution in [0.5, 0.6) is 0 Å². The third-order valence-electron chi connectivity index (χ3n) is 2.15. The van der Waals surface area contributed by atoms with Crippen LogP contribution in [0.15, 0.2) is 11.8 Å². The summed E-state index contributed by atoms with van der Waals surface area (Å²) in [6.45, 7) is 10.3. The lowest BCUT2D eigenvalue weighted by atomic mass is 10.5. The van der Waals surface area contributed by atoms with Crippen molar-refractivity contribution in [3.05, 3.63) is 11.8 Å². The molecule has 7 heteroatoms. The van der Waals surface area contributed by atoms with Gasteiger partial charge in [0.25, 0.3) is 0 Å². The third kappa shape index (κ3) is 5.83. The molecule has 0 aliphatic heterocycles. The normalized spacial score (nSPS) is 11.4. The first kappa shape index (κ1) is 18.3. The Morgan fingerprint density at radius 1 is 1.11 bits per heavy atom. The summed E-state index contributed by atoms with van der Waals surface area (Å²) in [5.74, 6) is -0.601. The van der Waals surface area contributed by atoms with E-state index in [1.165, 1.54) is 0 Å². The van der Waals surface area contributed by atoms with Crippen LogP contribution < -0.4 is 0 Å². The fourth-order valence-electron chi connectivity index (χ4n) is 1.40. The van der Waals surface area contributed by atoms with Crippen molar-refractivity contribution in [1.29, 1.82) is 0 Å². The van der Waals surface area contributed by atoms with E-state index < -0.39 is 14.8 Å². The molecule has 0 aromatic rings. The van der Waals surface area contributed by atoms with Crippen molar-refractivity contribution < 1.29 is 27.9 Å². The summed E-state index contributed by atoms with van der Waals surface area (Å²) in [6, 6.07) is 0. The van der Waals surface area contributed by atoms with E-state index in [4.69, 9.17) is 23.1 Å². The van der Waals surface area contributed by atoms with Gasteiger partial charge in [0.05, 0.1) is 6.61 Å². The van der Waals surface area contributed by atoms with Crippen LogP contribution in [-0.4, -0.2) is 52.9 Å². The summed E-state index contributed by atoms with van der Waals surface area (Å²) >= 11 is 0. The molecule has 0 saturated carbocycles. The molecule has 0 rings (SSSR count). The number of carbonyl (C=O) groups is 1. The topological polar surface area (TPSA) is 74.2 Å². The van der Waals surface area contributed by atoms with Crippen molar-refractivity contribution in [2.45, 2.75) is 27.2 Å². The predicted octanol–water partition coefficient (Wildman–Crippen LogP) is 1.06. The summed E-state index contributed by atoms with van der Waals surface area (Å²) in [7, 11) is -3.25. The van der Waals surface area contributed by atoms with Gasteiger partial charge >= 0.3 is 14.8 Å². The van der Waals surface area contributed by atoms with E-state index in [0.717, 1.165) is 0 Å². The number of aliphatic hydroxyl groups excluding tert-OH is 1. The quantitative estimate of drug-likeness (QED) is 0.266. The van der Waals surface area contributed by atoms with Crippen molar-refractivity contribution in [3.63, 3.8) is 0 Å². The number of hydrogen-bond acceptors (Lipinski definition) is 6. The van der Waals surface area contributed by atoms with Gasteiger partial charge in [0, 0.05) is 32.8 Å². The molecule has 0 fully saturated rings. The first-order valence-electron chi connectivity index (χ1n) is 6.47. The molecule has 0 aliphatic rings. The van der Waals surface area contributed by atoms with Gasteiger partial charge in [0.1, 0.15) is 5.20 Å². The Morgan fingerprint density at radius 3 is 1.95 bits per heavy atom. The lowest BCUT2D eigenvalue weighted by molar-refractivity contribution is -0.139. The van der Waals surface area contributed by atoms with E-state index in [1.807, 2.05) is 0 Å². The van der Waals surface area contributed by atoms with Gasteiger partial charge in [-0.25, -0.2) is 4.79 Å². The van der Waals surface area contributed by atoms with Gasteiger partial charge < -0.3 is 23.1 Å². The van der Waals surface area contributed by atoms with Gasteiger partial charge in [0.15, 0.2) is 0 Å². The molecule has 0 unspecified atom stereocenters. The minimum absolute atomic E-state index is 0.0370. The van der Waals surface area contributed by atoms with Crippen molar-refractivity contribution in [1.82, 2.24) is 0 Å². The number of aliphatic hydroxyl groups is 1. The minimum Gasteiger partial charge on any atom is -0.462 e. The highest BCUT2D eigenvalue weighted by atomic mass is 28.4. The molecule has 0 aromatic heterocycles. The van der Waals surface area contributed by atoms with Gasteiger partial charge in [-0.3, -0.25) is 0 Å². The molecule has 0 radical (unpaired) electrons. The molecule has 0 amide bonds. The number of rotatable bonds is 11. The third-order valence-corrected chi connectivity index (χ3v) is 5.10. The largest absolute Gasteiger partial charge is 0.544 e. The van der Waals surface area contributed by atoms with Gasteiger partial charge in [-0.1, -0.05) is 6.58 Å². The summed E-state index contributed by atoms with van der Waals surface area (Å²) < 4.78 is 21.6. The Hall–Kier alpha value is -0.733. The smallest absolute Gasteiger partial charge is 0.462 e. The molecule has 6 nitrogen and oxygen atoms in total. The number of ether oxygens (including phenoxy) is 1. The summed E-state index contributed by atoms with van der Waals surface area (Å²) in [5, 5.41) is 8.74. The maximum absolute atomic E-state index is 11.9. The van der Waals surface area contributed by atoms with Crippen LogP contribution in [0, 0.1) is 0 Å². The van der Waals surface area contributed by atoms with Gasteiger partial charge in [-0.15, -0.1) is 0 Å². The lowest BCUT2D eigenvalue weighted by Gasteiger charge is -2.28.